The molecular formula is C18H23N5O. The number of pyridine rings is 2. The van der Waals surface area contributed by atoms with Crippen LogP contribution < -0.4 is 11.1 Å². The predicted molar refractivity (Wildman–Crippen MR) is 93.8 cm³/mol. The van der Waals surface area contributed by atoms with Crippen LogP contribution in [0.15, 0.2) is 42.6 Å². The summed E-state index contributed by atoms with van der Waals surface area (Å²) >= 11 is 0. The van der Waals surface area contributed by atoms with Gasteiger partial charge in [-0.15, -0.1) is 0 Å². The molecule has 6 heteroatoms. The molecule has 1 saturated heterocycles. The Bertz CT molecular complexity index is 668. The number of piperidine rings is 1. The Morgan fingerprint density at radius 3 is 2.67 bits per heavy atom. The van der Waals surface area contributed by atoms with Gasteiger partial charge >= 0.3 is 0 Å². The standard InChI is InChI=1S/C18H23N5O/c19-16(24)13-23-10-7-14(8-11-23)12-15-4-3-6-18(21-15)22-17-5-1-2-9-20-17/h1-6,9,14H,7-8,10-13H2,(H2,19,24)(H,20,21,22). The van der Waals surface area contributed by atoms with Gasteiger partial charge in [-0.1, -0.05) is 12.1 Å². The van der Waals surface area contributed by atoms with Crippen molar-refractivity contribution in [1.82, 2.24) is 14.9 Å². The van der Waals surface area contributed by atoms with E-state index in [0.29, 0.717) is 12.5 Å². The molecule has 0 aromatic carbocycles. The van der Waals surface area contributed by atoms with E-state index in [9.17, 15) is 4.79 Å². The number of anilines is 2. The van der Waals surface area contributed by atoms with Crippen LogP contribution in [0, 0.1) is 5.92 Å². The van der Waals surface area contributed by atoms with Crippen molar-refractivity contribution in [1.29, 1.82) is 0 Å². The van der Waals surface area contributed by atoms with Gasteiger partial charge in [0.05, 0.1) is 6.54 Å². The highest BCUT2D eigenvalue weighted by Crippen LogP contribution is 2.22. The van der Waals surface area contributed by atoms with Crippen molar-refractivity contribution in [3.8, 4) is 0 Å². The van der Waals surface area contributed by atoms with Crippen molar-refractivity contribution in [2.75, 3.05) is 25.0 Å². The minimum absolute atomic E-state index is 0.247. The maximum Gasteiger partial charge on any atom is 0.231 e. The average molecular weight is 325 g/mol. The molecule has 24 heavy (non-hydrogen) atoms. The summed E-state index contributed by atoms with van der Waals surface area (Å²) in [5.74, 6) is 1.97. The summed E-state index contributed by atoms with van der Waals surface area (Å²) < 4.78 is 0. The second kappa shape index (κ2) is 7.88. The van der Waals surface area contributed by atoms with E-state index in [1.165, 1.54) is 0 Å². The number of carbonyl (C=O) groups excluding carboxylic acids is 1. The number of primary amides is 1. The molecule has 2 aromatic rings. The van der Waals surface area contributed by atoms with Crippen LogP contribution in [0.5, 0.6) is 0 Å². The quantitative estimate of drug-likeness (QED) is 0.848. The van der Waals surface area contributed by atoms with Crippen LogP contribution >= 0.6 is 0 Å². The second-order valence-corrected chi connectivity index (χ2v) is 6.24. The van der Waals surface area contributed by atoms with Crippen LogP contribution in [-0.2, 0) is 11.2 Å². The number of nitrogens with zero attached hydrogens (tertiary/aromatic N) is 3. The van der Waals surface area contributed by atoms with Gasteiger partial charge in [-0.3, -0.25) is 9.69 Å². The number of nitrogens with two attached hydrogens (primary N) is 1. The molecule has 6 nitrogen and oxygen atoms in total. The van der Waals surface area contributed by atoms with Gasteiger partial charge in [0, 0.05) is 11.9 Å². The molecule has 0 atom stereocenters. The Morgan fingerprint density at radius 2 is 1.96 bits per heavy atom. The van der Waals surface area contributed by atoms with Crippen molar-refractivity contribution in [3.05, 3.63) is 48.3 Å². The van der Waals surface area contributed by atoms with Crippen molar-refractivity contribution in [2.45, 2.75) is 19.3 Å². The smallest absolute Gasteiger partial charge is 0.231 e. The Kier molecular flexibility index (Phi) is 5.38. The van der Waals surface area contributed by atoms with Gasteiger partial charge in [0.2, 0.25) is 5.91 Å². The first-order valence-electron chi connectivity index (χ1n) is 8.34. The van der Waals surface area contributed by atoms with E-state index in [1.54, 1.807) is 6.20 Å². The van der Waals surface area contributed by atoms with Gasteiger partial charge in [0.25, 0.3) is 0 Å². The van der Waals surface area contributed by atoms with Gasteiger partial charge in [0.1, 0.15) is 11.6 Å². The van der Waals surface area contributed by atoms with Crippen LogP contribution in [0.4, 0.5) is 11.6 Å². The number of rotatable bonds is 6. The Hall–Kier alpha value is -2.47. The molecule has 1 fully saturated rings. The highest BCUT2D eigenvalue weighted by molar-refractivity contribution is 5.75. The summed E-state index contributed by atoms with van der Waals surface area (Å²) in [6.45, 7) is 2.23. The first-order valence-corrected chi connectivity index (χ1v) is 8.34. The van der Waals surface area contributed by atoms with E-state index in [1.807, 2.05) is 30.3 Å². The molecule has 2 aromatic heterocycles. The molecule has 0 saturated carbocycles. The van der Waals surface area contributed by atoms with Crippen LogP contribution in [0.3, 0.4) is 0 Å². The Morgan fingerprint density at radius 1 is 1.17 bits per heavy atom. The molecule has 0 radical (unpaired) electrons. The van der Waals surface area contributed by atoms with Gasteiger partial charge in [-0.2, -0.15) is 0 Å². The highest BCUT2D eigenvalue weighted by Gasteiger charge is 2.20. The summed E-state index contributed by atoms with van der Waals surface area (Å²) in [6, 6.07) is 11.8. The summed E-state index contributed by atoms with van der Waals surface area (Å²) in [7, 11) is 0. The molecule has 126 valence electrons. The van der Waals surface area contributed by atoms with E-state index >= 15 is 0 Å². The molecule has 1 aliphatic heterocycles. The van der Waals surface area contributed by atoms with E-state index < -0.39 is 0 Å². The first kappa shape index (κ1) is 16.4. The van der Waals surface area contributed by atoms with E-state index in [4.69, 9.17) is 10.7 Å². The van der Waals surface area contributed by atoms with E-state index in [0.717, 1.165) is 49.7 Å². The number of aromatic nitrogens is 2. The molecule has 0 aliphatic carbocycles. The SMILES string of the molecule is NC(=O)CN1CCC(Cc2cccc(Nc3ccccn3)n2)CC1. The van der Waals surface area contributed by atoms with Crippen LogP contribution in [-0.4, -0.2) is 40.4 Å². The lowest BCUT2D eigenvalue weighted by atomic mass is 9.92. The van der Waals surface area contributed by atoms with Gasteiger partial charge in [-0.25, -0.2) is 9.97 Å². The fourth-order valence-electron chi connectivity index (χ4n) is 3.10. The maximum atomic E-state index is 11.0. The summed E-state index contributed by atoms with van der Waals surface area (Å²) in [5.41, 5.74) is 6.35. The van der Waals surface area contributed by atoms with Crippen molar-refractivity contribution in [2.24, 2.45) is 11.7 Å². The van der Waals surface area contributed by atoms with Crippen LogP contribution in [0.25, 0.3) is 0 Å². The highest BCUT2D eigenvalue weighted by atomic mass is 16.1. The predicted octanol–water partition coefficient (Wildman–Crippen LogP) is 1.96. The normalized spacial score (nSPS) is 16.0. The van der Waals surface area contributed by atoms with Crippen LogP contribution in [0.1, 0.15) is 18.5 Å². The average Bonchev–Trinajstić information content (AvgIpc) is 2.57. The lowest BCUT2D eigenvalue weighted by molar-refractivity contribution is -0.119. The maximum absolute atomic E-state index is 11.0. The minimum atomic E-state index is -0.247. The van der Waals surface area contributed by atoms with Crippen LogP contribution in [0.2, 0.25) is 0 Å². The largest absolute Gasteiger partial charge is 0.369 e. The van der Waals surface area contributed by atoms with E-state index in [-0.39, 0.29) is 5.91 Å². The molecule has 1 amide bonds. The lowest BCUT2D eigenvalue weighted by Crippen LogP contribution is -2.39. The van der Waals surface area contributed by atoms with Gasteiger partial charge < -0.3 is 11.1 Å². The third-order valence-corrected chi connectivity index (χ3v) is 4.31. The summed E-state index contributed by atoms with van der Waals surface area (Å²) in [6.07, 6.45) is 4.87. The third-order valence-electron chi connectivity index (χ3n) is 4.31. The zero-order valence-electron chi connectivity index (χ0n) is 13.7. The summed E-state index contributed by atoms with van der Waals surface area (Å²) in [4.78, 5) is 22.1. The number of hydrogen-bond donors (Lipinski definition) is 2. The fraction of sp³-hybridized carbons (Fsp3) is 0.389. The van der Waals surface area contributed by atoms with Gasteiger partial charge in [0.15, 0.2) is 0 Å². The van der Waals surface area contributed by atoms with Crippen molar-refractivity contribution < 1.29 is 4.79 Å². The monoisotopic (exact) mass is 325 g/mol. The Labute approximate surface area is 142 Å². The number of hydrogen-bond acceptors (Lipinski definition) is 5. The molecule has 0 bridgehead atoms. The van der Waals surface area contributed by atoms with Gasteiger partial charge in [-0.05, 0) is 62.5 Å². The minimum Gasteiger partial charge on any atom is -0.369 e. The third kappa shape index (κ3) is 4.76. The topological polar surface area (TPSA) is 84.1 Å². The number of amides is 1. The molecule has 0 unspecified atom stereocenters. The molecular weight excluding hydrogens is 302 g/mol. The molecule has 0 spiro atoms. The van der Waals surface area contributed by atoms with E-state index in [2.05, 4.69) is 21.3 Å². The molecule has 3 rings (SSSR count). The molecule has 1 aliphatic rings. The zero-order chi connectivity index (χ0) is 16.8. The number of nitrogens with one attached hydrogen (secondary N) is 1. The number of carbonyl (C=O) groups is 1. The number of likely N-dealkylation sites (tertiary alicyclic amines) is 1. The zero-order valence-corrected chi connectivity index (χ0v) is 13.7. The molecule has 3 N–H and O–H groups in total. The summed E-state index contributed by atoms with van der Waals surface area (Å²) in [5, 5.41) is 3.23. The first-order chi connectivity index (χ1) is 11.7. The second-order valence-electron chi connectivity index (χ2n) is 6.24. The van der Waals surface area contributed by atoms with Crippen molar-refractivity contribution in [3.63, 3.8) is 0 Å². The van der Waals surface area contributed by atoms with Crippen molar-refractivity contribution >= 4 is 17.5 Å². The Balaban J connectivity index is 1.55. The molecule has 3 heterocycles. The fourth-order valence-corrected chi connectivity index (χ4v) is 3.10. The lowest BCUT2D eigenvalue weighted by Gasteiger charge is -2.30.